The summed E-state index contributed by atoms with van der Waals surface area (Å²) in [4.78, 5) is 16.3. The van der Waals surface area contributed by atoms with E-state index < -0.39 is 0 Å². The summed E-state index contributed by atoms with van der Waals surface area (Å²) in [6.07, 6.45) is 0. The van der Waals surface area contributed by atoms with Crippen molar-refractivity contribution < 1.29 is 9.53 Å². The molecule has 6 heteroatoms. The molecule has 0 atom stereocenters. The summed E-state index contributed by atoms with van der Waals surface area (Å²) in [5, 5.41) is 1.18. The number of carbonyl (C=O) groups excluding carboxylic acids is 1. The number of hydrogen-bond acceptors (Lipinski definition) is 3. The average Bonchev–Trinajstić information content (AvgIpc) is 2.60. The number of likely N-dealkylation sites (N-methyl/N-ethyl adjacent to an activating group) is 1. The van der Waals surface area contributed by atoms with Crippen LogP contribution in [0, 0.1) is 0 Å². The SMILES string of the molecule is CN1CCN(C(=O)COc2cc(Cl)cc(-c3ccccc3Cl)c2)CC1. The molecule has 25 heavy (non-hydrogen) atoms. The summed E-state index contributed by atoms with van der Waals surface area (Å²) in [6, 6.07) is 12.9. The highest BCUT2D eigenvalue weighted by molar-refractivity contribution is 6.33. The highest BCUT2D eigenvalue weighted by Gasteiger charge is 2.19. The quantitative estimate of drug-likeness (QED) is 0.810. The highest BCUT2D eigenvalue weighted by Crippen LogP contribution is 2.32. The summed E-state index contributed by atoms with van der Waals surface area (Å²) >= 11 is 12.5. The van der Waals surface area contributed by atoms with Crippen molar-refractivity contribution in [1.82, 2.24) is 9.80 Å². The van der Waals surface area contributed by atoms with Crippen molar-refractivity contribution in [3.63, 3.8) is 0 Å². The molecule has 0 unspecified atom stereocenters. The largest absolute Gasteiger partial charge is 0.484 e. The Morgan fingerprint density at radius 2 is 1.80 bits per heavy atom. The average molecular weight is 379 g/mol. The van der Waals surface area contributed by atoms with Crippen LogP contribution in [0.25, 0.3) is 11.1 Å². The number of benzene rings is 2. The lowest BCUT2D eigenvalue weighted by molar-refractivity contribution is -0.134. The van der Waals surface area contributed by atoms with Crippen molar-refractivity contribution >= 4 is 29.1 Å². The van der Waals surface area contributed by atoms with E-state index in [0.717, 1.165) is 37.3 Å². The van der Waals surface area contributed by atoms with Gasteiger partial charge in [0.25, 0.3) is 5.91 Å². The molecule has 4 nitrogen and oxygen atoms in total. The summed E-state index contributed by atoms with van der Waals surface area (Å²) in [6.45, 7) is 3.25. The zero-order chi connectivity index (χ0) is 17.8. The molecule has 0 aromatic heterocycles. The monoisotopic (exact) mass is 378 g/mol. The Labute approximate surface area is 157 Å². The molecule has 1 heterocycles. The maximum Gasteiger partial charge on any atom is 0.260 e. The van der Waals surface area contributed by atoms with Crippen LogP contribution in [0.2, 0.25) is 10.0 Å². The Morgan fingerprint density at radius 1 is 1.08 bits per heavy atom. The molecule has 0 saturated carbocycles. The van der Waals surface area contributed by atoms with E-state index in [9.17, 15) is 4.79 Å². The van der Waals surface area contributed by atoms with Gasteiger partial charge in [0.1, 0.15) is 5.75 Å². The summed E-state index contributed by atoms with van der Waals surface area (Å²) < 4.78 is 5.70. The normalized spacial score (nSPS) is 15.2. The number of ether oxygens (including phenoxy) is 1. The van der Waals surface area contributed by atoms with Crippen LogP contribution in [0.3, 0.4) is 0 Å². The van der Waals surface area contributed by atoms with Gasteiger partial charge in [0.15, 0.2) is 6.61 Å². The third-order valence-corrected chi connectivity index (χ3v) is 4.82. The number of halogens is 2. The van der Waals surface area contributed by atoms with E-state index in [2.05, 4.69) is 11.9 Å². The van der Waals surface area contributed by atoms with Crippen molar-refractivity contribution in [2.75, 3.05) is 39.8 Å². The standard InChI is InChI=1S/C19H20Cl2N2O2/c1-22-6-8-23(9-7-22)19(24)13-25-16-11-14(10-15(20)12-16)17-4-2-3-5-18(17)21/h2-5,10-12H,6-9,13H2,1H3. The lowest BCUT2D eigenvalue weighted by Crippen LogP contribution is -2.48. The number of carbonyl (C=O) groups is 1. The lowest BCUT2D eigenvalue weighted by Gasteiger charge is -2.32. The van der Waals surface area contributed by atoms with E-state index in [1.807, 2.05) is 41.3 Å². The van der Waals surface area contributed by atoms with E-state index in [4.69, 9.17) is 27.9 Å². The number of rotatable bonds is 4. The molecule has 1 aliphatic heterocycles. The maximum atomic E-state index is 12.3. The van der Waals surface area contributed by atoms with Crippen LogP contribution in [0.15, 0.2) is 42.5 Å². The van der Waals surface area contributed by atoms with Gasteiger partial charge in [-0.05, 0) is 36.9 Å². The van der Waals surface area contributed by atoms with Crippen molar-refractivity contribution in [3.8, 4) is 16.9 Å². The minimum atomic E-state index is -0.00707. The summed E-state index contributed by atoms with van der Waals surface area (Å²) in [5.41, 5.74) is 1.74. The minimum absolute atomic E-state index is 0.00597. The van der Waals surface area contributed by atoms with Crippen LogP contribution in [0.5, 0.6) is 5.75 Å². The van der Waals surface area contributed by atoms with Crippen LogP contribution < -0.4 is 4.74 Å². The predicted molar refractivity (Wildman–Crippen MR) is 101 cm³/mol. The molecule has 1 aliphatic rings. The molecule has 1 amide bonds. The second-order valence-electron chi connectivity index (χ2n) is 6.13. The topological polar surface area (TPSA) is 32.8 Å². The summed E-state index contributed by atoms with van der Waals surface area (Å²) in [5.74, 6) is 0.553. The van der Waals surface area contributed by atoms with Crippen molar-refractivity contribution in [2.24, 2.45) is 0 Å². The smallest absolute Gasteiger partial charge is 0.260 e. The molecule has 0 N–H and O–H groups in total. The molecule has 132 valence electrons. The molecule has 3 rings (SSSR count). The first-order valence-corrected chi connectivity index (χ1v) is 8.93. The van der Waals surface area contributed by atoms with Crippen molar-refractivity contribution in [3.05, 3.63) is 52.5 Å². The molecular weight excluding hydrogens is 359 g/mol. The molecule has 1 saturated heterocycles. The van der Waals surface area contributed by atoms with E-state index >= 15 is 0 Å². The third kappa shape index (κ3) is 4.66. The molecule has 0 spiro atoms. The molecule has 0 radical (unpaired) electrons. The van der Waals surface area contributed by atoms with Crippen molar-refractivity contribution in [1.29, 1.82) is 0 Å². The first-order chi connectivity index (χ1) is 12.0. The van der Waals surface area contributed by atoms with Gasteiger partial charge in [0.05, 0.1) is 0 Å². The van der Waals surface area contributed by atoms with Gasteiger partial charge >= 0.3 is 0 Å². The van der Waals surface area contributed by atoms with E-state index in [-0.39, 0.29) is 12.5 Å². The Kier molecular flexibility index (Phi) is 5.84. The number of nitrogens with zero attached hydrogens (tertiary/aromatic N) is 2. The Balaban J connectivity index is 1.69. The Bertz CT molecular complexity index is 759. The molecular formula is C19H20Cl2N2O2. The van der Waals surface area contributed by atoms with Crippen LogP contribution in [0.4, 0.5) is 0 Å². The van der Waals surface area contributed by atoms with E-state index in [1.165, 1.54) is 0 Å². The predicted octanol–water partition coefficient (Wildman–Crippen LogP) is 3.81. The van der Waals surface area contributed by atoms with Crippen LogP contribution in [0.1, 0.15) is 0 Å². The Hall–Kier alpha value is -1.75. The maximum absolute atomic E-state index is 12.3. The Morgan fingerprint density at radius 3 is 2.52 bits per heavy atom. The van der Waals surface area contributed by atoms with E-state index in [1.54, 1.807) is 6.07 Å². The molecule has 0 bridgehead atoms. The second-order valence-corrected chi connectivity index (χ2v) is 6.97. The minimum Gasteiger partial charge on any atom is -0.484 e. The van der Waals surface area contributed by atoms with Gasteiger partial charge in [-0.1, -0.05) is 41.4 Å². The number of hydrogen-bond donors (Lipinski definition) is 0. The zero-order valence-electron chi connectivity index (χ0n) is 14.0. The summed E-state index contributed by atoms with van der Waals surface area (Å²) in [7, 11) is 2.06. The van der Waals surface area contributed by atoms with Gasteiger partial charge in [-0.15, -0.1) is 0 Å². The third-order valence-electron chi connectivity index (χ3n) is 4.27. The van der Waals surface area contributed by atoms with E-state index in [0.29, 0.717) is 15.8 Å². The fourth-order valence-corrected chi connectivity index (χ4v) is 3.26. The lowest BCUT2D eigenvalue weighted by atomic mass is 10.1. The number of amides is 1. The van der Waals surface area contributed by atoms with Crippen molar-refractivity contribution in [2.45, 2.75) is 0 Å². The fraction of sp³-hybridized carbons (Fsp3) is 0.316. The fourth-order valence-electron chi connectivity index (χ4n) is 2.79. The van der Waals surface area contributed by atoms with Crippen LogP contribution >= 0.6 is 23.2 Å². The van der Waals surface area contributed by atoms with Gasteiger partial charge in [-0.3, -0.25) is 4.79 Å². The number of piperazine rings is 1. The second kappa shape index (κ2) is 8.09. The van der Waals surface area contributed by atoms with Crippen LogP contribution in [-0.2, 0) is 4.79 Å². The highest BCUT2D eigenvalue weighted by atomic mass is 35.5. The van der Waals surface area contributed by atoms with Gasteiger partial charge < -0.3 is 14.5 Å². The molecule has 2 aromatic carbocycles. The van der Waals surface area contributed by atoms with Gasteiger partial charge in [0, 0.05) is 41.8 Å². The molecule has 0 aliphatic carbocycles. The van der Waals surface area contributed by atoms with Gasteiger partial charge in [0.2, 0.25) is 0 Å². The van der Waals surface area contributed by atoms with Gasteiger partial charge in [-0.2, -0.15) is 0 Å². The van der Waals surface area contributed by atoms with Gasteiger partial charge in [-0.25, -0.2) is 0 Å². The molecule has 1 fully saturated rings. The molecule has 2 aromatic rings. The zero-order valence-corrected chi connectivity index (χ0v) is 15.6. The first-order valence-electron chi connectivity index (χ1n) is 8.17. The van der Waals surface area contributed by atoms with Crippen LogP contribution in [-0.4, -0.2) is 55.5 Å². The first kappa shape index (κ1) is 18.1.